The summed E-state index contributed by atoms with van der Waals surface area (Å²) in [6, 6.07) is 23.9. The van der Waals surface area contributed by atoms with Crippen molar-refractivity contribution in [2.75, 3.05) is 18.8 Å². The second-order valence-electron chi connectivity index (χ2n) is 9.47. The Morgan fingerprint density at radius 3 is 2.43 bits per heavy atom. The quantitative estimate of drug-likeness (QED) is 0.167. The van der Waals surface area contributed by atoms with E-state index >= 15 is 0 Å². The van der Waals surface area contributed by atoms with Crippen molar-refractivity contribution in [3.63, 3.8) is 0 Å². The third-order valence-electron chi connectivity index (χ3n) is 6.94. The SMILES string of the molecule is O=C(CCCSc1nc2ccccc2c(=O)n1-c1ccccc1F)N1CCC(Cc2ccccc2)CC1. The molecule has 0 radical (unpaired) electrons. The topological polar surface area (TPSA) is 55.2 Å². The number of aromatic nitrogens is 2. The molecule has 1 aliphatic heterocycles. The van der Waals surface area contributed by atoms with Gasteiger partial charge in [0.05, 0.1) is 16.6 Å². The van der Waals surface area contributed by atoms with Crippen LogP contribution in [0.25, 0.3) is 16.6 Å². The second kappa shape index (κ2) is 11.7. The van der Waals surface area contributed by atoms with Crippen LogP contribution in [0.5, 0.6) is 0 Å². The van der Waals surface area contributed by atoms with Gasteiger partial charge in [-0.2, -0.15) is 0 Å². The summed E-state index contributed by atoms with van der Waals surface area (Å²) >= 11 is 1.38. The van der Waals surface area contributed by atoms with Crippen LogP contribution in [0.15, 0.2) is 88.8 Å². The van der Waals surface area contributed by atoms with Crippen LogP contribution in [0, 0.1) is 11.7 Å². The summed E-state index contributed by atoms with van der Waals surface area (Å²) in [4.78, 5) is 32.8. The lowest BCUT2D eigenvalue weighted by molar-refractivity contribution is -0.132. The third-order valence-corrected chi connectivity index (χ3v) is 7.96. The van der Waals surface area contributed by atoms with Gasteiger partial charge in [0.15, 0.2) is 5.16 Å². The van der Waals surface area contributed by atoms with E-state index in [9.17, 15) is 14.0 Å². The molecule has 3 aromatic carbocycles. The van der Waals surface area contributed by atoms with Gasteiger partial charge in [-0.25, -0.2) is 9.37 Å². The minimum absolute atomic E-state index is 0.178. The predicted molar refractivity (Wildman–Crippen MR) is 147 cm³/mol. The Morgan fingerprint density at radius 1 is 0.946 bits per heavy atom. The number of thioether (sulfide) groups is 1. The number of hydrogen-bond donors (Lipinski definition) is 0. The molecule has 5 rings (SSSR count). The number of amides is 1. The second-order valence-corrected chi connectivity index (χ2v) is 10.5. The number of likely N-dealkylation sites (tertiary alicyclic amines) is 1. The van der Waals surface area contributed by atoms with Crippen molar-refractivity contribution >= 4 is 28.6 Å². The Balaban J connectivity index is 1.19. The summed E-state index contributed by atoms with van der Waals surface area (Å²) in [5.74, 6) is 0.928. The fourth-order valence-corrected chi connectivity index (χ4v) is 5.88. The van der Waals surface area contributed by atoms with E-state index in [2.05, 4.69) is 29.2 Å². The zero-order valence-corrected chi connectivity index (χ0v) is 21.5. The van der Waals surface area contributed by atoms with Crippen molar-refractivity contribution in [1.29, 1.82) is 0 Å². The van der Waals surface area contributed by atoms with Crippen molar-refractivity contribution in [2.24, 2.45) is 5.92 Å². The highest BCUT2D eigenvalue weighted by Gasteiger charge is 2.23. The molecule has 4 aromatic rings. The van der Waals surface area contributed by atoms with Gasteiger partial charge >= 0.3 is 0 Å². The average Bonchev–Trinajstić information content (AvgIpc) is 2.93. The number of fused-ring (bicyclic) bond motifs is 1. The number of rotatable bonds is 8. The van der Waals surface area contributed by atoms with Gasteiger partial charge < -0.3 is 4.90 Å². The Hall–Kier alpha value is -3.45. The average molecular weight is 516 g/mol. The molecule has 1 aromatic heterocycles. The highest BCUT2D eigenvalue weighted by atomic mass is 32.2. The van der Waals surface area contributed by atoms with E-state index < -0.39 is 5.82 Å². The summed E-state index contributed by atoms with van der Waals surface area (Å²) in [6.07, 6.45) is 4.25. The molecular formula is C30H30FN3O2S. The minimum atomic E-state index is -0.477. The molecule has 1 fully saturated rings. The van der Waals surface area contributed by atoms with E-state index in [0.29, 0.717) is 40.6 Å². The van der Waals surface area contributed by atoms with Crippen molar-refractivity contribution in [2.45, 2.75) is 37.3 Å². The Labute approximate surface area is 220 Å². The van der Waals surface area contributed by atoms with Gasteiger partial charge in [0, 0.05) is 25.3 Å². The lowest BCUT2D eigenvalue weighted by Gasteiger charge is -2.32. The number of para-hydroxylation sites is 2. The molecule has 37 heavy (non-hydrogen) atoms. The summed E-state index contributed by atoms with van der Waals surface area (Å²) in [5.41, 5.74) is 1.83. The third kappa shape index (κ3) is 5.93. The molecule has 0 spiro atoms. The Bertz CT molecular complexity index is 1430. The normalized spacial score (nSPS) is 14.2. The van der Waals surface area contributed by atoms with E-state index in [-0.39, 0.29) is 17.2 Å². The number of benzene rings is 3. The molecule has 190 valence electrons. The first-order valence-corrected chi connectivity index (χ1v) is 13.8. The maximum Gasteiger partial charge on any atom is 0.266 e. The lowest BCUT2D eigenvalue weighted by atomic mass is 9.90. The zero-order valence-electron chi connectivity index (χ0n) is 20.7. The van der Waals surface area contributed by atoms with Crippen LogP contribution in [-0.4, -0.2) is 39.2 Å². The molecule has 0 unspecified atom stereocenters. The van der Waals surface area contributed by atoms with E-state index in [0.717, 1.165) is 32.4 Å². The van der Waals surface area contributed by atoms with Crippen LogP contribution in [0.1, 0.15) is 31.2 Å². The van der Waals surface area contributed by atoms with Gasteiger partial charge in [-0.3, -0.25) is 14.2 Å². The molecule has 1 amide bonds. The predicted octanol–water partition coefficient (Wildman–Crippen LogP) is 5.88. The van der Waals surface area contributed by atoms with Crippen LogP contribution in [0.4, 0.5) is 4.39 Å². The maximum atomic E-state index is 14.6. The molecule has 0 bridgehead atoms. The highest BCUT2D eigenvalue weighted by Crippen LogP contribution is 2.25. The minimum Gasteiger partial charge on any atom is -0.343 e. The van der Waals surface area contributed by atoms with E-state index in [1.807, 2.05) is 17.0 Å². The molecule has 5 nitrogen and oxygen atoms in total. The lowest BCUT2D eigenvalue weighted by Crippen LogP contribution is -2.38. The zero-order chi connectivity index (χ0) is 25.6. The standard InChI is InChI=1S/C30H30FN3O2S/c31-25-12-5-7-14-27(25)34-29(36)24-11-4-6-13-26(24)32-30(34)37-20-8-15-28(35)33-18-16-23(17-19-33)21-22-9-2-1-3-10-22/h1-7,9-14,23H,8,15-21H2. The molecule has 0 aliphatic carbocycles. The van der Waals surface area contributed by atoms with E-state index in [1.54, 1.807) is 36.4 Å². The van der Waals surface area contributed by atoms with Crippen molar-refractivity contribution in [1.82, 2.24) is 14.5 Å². The van der Waals surface area contributed by atoms with Gasteiger partial charge in [-0.1, -0.05) is 66.4 Å². The Morgan fingerprint density at radius 2 is 1.65 bits per heavy atom. The van der Waals surface area contributed by atoms with Crippen molar-refractivity contribution < 1.29 is 9.18 Å². The van der Waals surface area contributed by atoms with Gasteiger partial charge in [0.2, 0.25) is 5.91 Å². The van der Waals surface area contributed by atoms with Gasteiger partial charge in [0.1, 0.15) is 5.82 Å². The number of carbonyl (C=O) groups is 1. The highest BCUT2D eigenvalue weighted by molar-refractivity contribution is 7.99. The van der Waals surface area contributed by atoms with Gasteiger partial charge in [0.25, 0.3) is 5.56 Å². The van der Waals surface area contributed by atoms with Crippen LogP contribution in [0.3, 0.4) is 0 Å². The van der Waals surface area contributed by atoms with Crippen LogP contribution < -0.4 is 5.56 Å². The van der Waals surface area contributed by atoms with Crippen LogP contribution in [0.2, 0.25) is 0 Å². The van der Waals surface area contributed by atoms with Gasteiger partial charge in [-0.15, -0.1) is 0 Å². The first kappa shape index (κ1) is 25.2. The smallest absolute Gasteiger partial charge is 0.266 e. The first-order valence-electron chi connectivity index (χ1n) is 12.8. The van der Waals surface area contributed by atoms with Crippen LogP contribution >= 0.6 is 11.8 Å². The number of carbonyl (C=O) groups excluding carboxylic acids is 1. The van der Waals surface area contributed by atoms with E-state index in [1.165, 1.54) is 28.0 Å². The molecule has 1 saturated heterocycles. The van der Waals surface area contributed by atoms with Crippen molar-refractivity contribution in [3.05, 3.63) is 101 Å². The number of nitrogens with zero attached hydrogens (tertiary/aromatic N) is 3. The molecular weight excluding hydrogens is 485 g/mol. The molecule has 0 atom stereocenters. The fraction of sp³-hybridized carbons (Fsp3) is 0.300. The Kier molecular flexibility index (Phi) is 7.99. The van der Waals surface area contributed by atoms with E-state index in [4.69, 9.17) is 0 Å². The number of hydrogen-bond acceptors (Lipinski definition) is 4. The summed E-state index contributed by atoms with van der Waals surface area (Å²) < 4.78 is 16.0. The molecule has 0 saturated carbocycles. The monoisotopic (exact) mass is 515 g/mol. The summed E-state index contributed by atoms with van der Waals surface area (Å²) in [7, 11) is 0. The van der Waals surface area contributed by atoms with Gasteiger partial charge in [-0.05, 0) is 61.4 Å². The number of piperidine rings is 1. The first-order chi connectivity index (χ1) is 18.1. The largest absolute Gasteiger partial charge is 0.343 e. The maximum absolute atomic E-state index is 14.6. The summed E-state index contributed by atoms with van der Waals surface area (Å²) in [5, 5.41) is 0.879. The molecule has 0 N–H and O–H groups in total. The molecule has 2 heterocycles. The summed E-state index contributed by atoms with van der Waals surface area (Å²) in [6.45, 7) is 1.62. The van der Waals surface area contributed by atoms with Crippen LogP contribution in [-0.2, 0) is 11.2 Å². The molecule has 7 heteroatoms. The molecule has 1 aliphatic rings. The fourth-order valence-electron chi connectivity index (χ4n) is 4.93. The van der Waals surface area contributed by atoms with Crippen molar-refractivity contribution in [3.8, 4) is 5.69 Å². The number of halogens is 1.